The van der Waals surface area contributed by atoms with Crippen LogP contribution in [0.3, 0.4) is 0 Å². The van der Waals surface area contributed by atoms with Gasteiger partial charge in [0.25, 0.3) is 5.91 Å². The molecule has 2 aliphatic rings. The number of anilines is 1. The van der Waals surface area contributed by atoms with E-state index in [1.807, 2.05) is 0 Å². The molecule has 0 saturated heterocycles. The average Bonchev–Trinajstić information content (AvgIpc) is 3.05. The molecule has 28 heavy (non-hydrogen) atoms. The van der Waals surface area contributed by atoms with Crippen LogP contribution in [0.15, 0.2) is 18.2 Å². The molecule has 1 aromatic carbocycles. The second-order valence-corrected chi connectivity index (χ2v) is 8.37. The van der Waals surface area contributed by atoms with Crippen LogP contribution in [0.4, 0.5) is 10.7 Å². The van der Waals surface area contributed by atoms with Crippen molar-refractivity contribution >= 4 is 27.9 Å². The van der Waals surface area contributed by atoms with E-state index in [-0.39, 0.29) is 17.3 Å². The first-order valence-corrected chi connectivity index (χ1v) is 9.99. The Hall–Kier alpha value is -2.65. The Balaban J connectivity index is 1.65. The number of hydrogen-bond acceptors (Lipinski definition) is 7. The fourth-order valence-electron chi connectivity index (χ4n) is 3.77. The van der Waals surface area contributed by atoms with Gasteiger partial charge in [-0.25, -0.2) is 0 Å². The van der Waals surface area contributed by atoms with Crippen molar-refractivity contribution in [3.8, 4) is 5.75 Å². The first kappa shape index (κ1) is 18.7. The number of nitrogens with zero attached hydrogens (tertiary/aromatic N) is 2. The lowest BCUT2D eigenvalue weighted by Gasteiger charge is -2.30. The van der Waals surface area contributed by atoms with Gasteiger partial charge >= 0.3 is 5.69 Å². The summed E-state index contributed by atoms with van der Waals surface area (Å²) in [4.78, 5) is 27.3. The number of nitro groups is 1. The highest BCUT2D eigenvalue weighted by Crippen LogP contribution is 2.41. The third-order valence-electron chi connectivity index (χ3n) is 5.33. The van der Waals surface area contributed by atoms with Gasteiger partial charge < -0.3 is 15.4 Å². The molecular weight excluding hydrogens is 380 g/mol. The van der Waals surface area contributed by atoms with Gasteiger partial charge in [-0.3, -0.25) is 19.8 Å². The van der Waals surface area contributed by atoms with Gasteiger partial charge in [0.2, 0.25) is 0 Å². The van der Waals surface area contributed by atoms with E-state index >= 15 is 0 Å². The molecule has 4 rings (SSSR count). The topological polar surface area (TPSA) is 96.7 Å². The molecule has 2 aromatic rings. The van der Waals surface area contributed by atoms with E-state index in [0.717, 1.165) is 35.6 Å². The molecule has 0 fully saturated rings. The van der Waals surface area contributed by atoms with E-state index in [1.165, 1.54) is 18.1 Å². The van der Waals surface area contributed by atoms with Crippen LogP contribution in [-0.4, -0.2) is 35.4 Å². The van der Waals surface area contributed by atoms with Gasteiger partial charge in [-0.15, -0.1) is 11.3 Å². The fourth-order valence-corrected chi connectivity index (χ4v) is 5.07. The van der Waals surface area contributed by atoms with E-state index in [0.29, 0.717) is 11.6 Å². The Bertz CT molecular complexity index is 956. The summed E-state index contributed by atoms with van der Waals surface area (Å²) in [5.41, 5.74) is 2.34. The van der Waals surface area contributed by atoms with Crippen molar-refractivity contribution in [3.63, 3.8) is 0 Å². The number of nitrogens with one attached hydrogen (secondary N) is 2. The van der Waals surface area contributed by atoms with Crippen LogP contribution in [-0.2, 0) is 13.0 Å². The summed E-state index contributed by atoms with van der Waals surface area (Å²) in [6.45, 7) is 6.14. The van der Waals surface area contributed by atoms with Crippen molar-refractivity contribution in [3.05, 3.63) is 49.9 Å². The molecule has 0 bridgehead atoms. The second kappa shape index (κ2) is 7.06. The Kier molecular flexibility index (Phi) is 4.72. The maximum absolute atomic E-state index is 12.8. The second-order valence-electron chi connectivity index (χ2n) is 7.26. The predicted molar refractivity (Wildman–Crippen MR) is 107 cm³/mol. The van der Waals surface area contributed by atoms with Gasteiger partial charge in [0.15, 0.2) is 5.75 Å². The van der Waals surface area contributed by atoms with Crippen LogP contribution in [0.5, 0.6) is 5.75 Å². The summed E-state index contributed by atoms with van der Waals surface area (Å²) in [5.74, 6) is 0.0599. The normalized spacial score (nSPS) is 18.9. The minimum atomic E-state index is -0.522. The summed E-state index contributed by atoms with van der Waals surface area (Å²) in [6, 6.07) is 5.18. The summed E-state index contributed by atoms with van der Waals surface area (Å²) < 4.78 is 5.06. The van der Waals surface area contributed by atoms with Crippen LogP contribution in [0.2, 0.25) is 0 Å². The number of benzene rings is 1. The Morgan fingerprint density at radius 3 is 2.82 bits per heavy atom. The van der Waals surface area contributed by atoms with Crippen molar-refractivity contribution in [1.29, 1.82) is 0 Å². The molecule has 0 saturated carbocycles. The van der Waals surface area contributed by atoms with Gasteiger partial charge in [0, 0.05) is 35.6 Å². The lowest BCUT2D eigenvalue weighted by Crippen LogP contribution is -2.39. The smallest absolute Gasteiger partial charge is 0.311 e. The molecule has 1 aromatic heterocycles. The van der Waals surface area contributed by atoms with Crippen LogP contribution < -0.4 is 15.4 Å². The standard InChI is InChI=1S/C19H22N4O4S/c1-10(2)22-7-6-12-15(9-22)28-19-16(12)18(24)20-17(21-19)11-4-5-14(27-3)13(8-11)23(25)26/h4-5,8,10,17,21H,6-7,9H2,1-3H3,(H,20,24). The predicted octanol–water partition coefficient (Wildman–Crippen LogP) is 3.29. The number of amides is 1. The van der Waals surface area contributed by atoms with Gasteiger partial charge in [0.05, 0.1) is 17.6 Å². The minimum Gasteiger partial charge on any atom is -0.490 e. The molecule has 0 radical (unpaired) electrons. The highest BCUT2D eigenvalue weighted by molar-refractivity contribution is 7.16. The molecular formula is C19H22N4O4S. The maximum atomic E-state index is 12.8. The molecule has 1 atom stereocenters. The molecule has 2 aliphatic heterocycles. The maximum Gasteiger partial charge on any atom is 0.311 e. The third kappa shape index (κ3) is 3.10. The van der Waals surface area contributed by atoms with E-state index in [1.54, 1.807) is 23.5 Å². The largest absolute Gasteiger partial charge is 0.490 e. The fraction of sp³-hybridized carbons (Fsp3) is 0.421. The van der Waals surface area contributed by atoms with Crippen LogP contribution >= 0.6 is 11.3 Å². The number of fused-ring (bicyclic) bond motifs is 3. The zero-order chi connectivity index (χ0) is 20.0. The van der Waals surface area contributed by atoms with Crippen LogP contribution in [0.25, 0.3) is 0 Å². The van der Waals surface area contributed by atoms with Crippen LogP contribution in [0.1, 0.15) is 46.4 Å². The van der Waals surface area contributed by atoms with Gasteiger partial charge in [-0.05, 0) is 31.9 Å². The summed E-state index contributed by atoms with van der Waals surface area (Å²) >= 11 is 1.61. The van der Waals surface area contributed by atoms with Crippen molar-refractivity contribution in [1.82, 2.24) is 10.2 Å². The number of carbonyl (C=O) groups excluding carboxylic acids is 1. The van der Waals surface area contributed by atoms with Crippen molar-refractivity contribution < 1.29 is 14.5 Å². The highest BCUT2D eigenvalue weighted by Gasteiger charge is 2.34. The molecule has 1 unspecified atom stereocenters. The quantitative estimate of drug-likeness (QED) is 0.602. The number of thiophene rings is 1. The first-order valence-electron chi connectivity index (χ1n) is 9.17. The van der Waals surface area contributed by atoms with Gasteiger partial charge in [-0.1, -0.05) is 6.07 Å². The number of methoxy groups -OCH3 is 1. The molecule has 1 amide bonds. The monoisotopic (exact) mass is 402 g/mol. The number of carbonyl (C=O) groups is 1. The molecule has 2 N–H and O–H groups in total. The summed E-state index contributed by atoms with van der Waals surface area (Å²) in [5, 5.41) is 18.4. The Labute approximate surface area is 166 Å². The van der Waals surface area contributed by atoms with Crippen LogP contribution in [0, 0.1) is 10.1 Å². The van der Waals surface area contributed by atoms with E-state index in [4.69, 9.17) is 4.74 Å². The van der Waals surface area contributed by atoms with E-state index < -0.39 is 11.1 Å². The number of nitro benzene ring substituents is 1. The average molecular weight is 402 g/mol. The number of ether oxygens (including phenoxy) is 1. The van der Waals surface area contributed by atoms with E-state index in [2.05, 4.69) is 29.4 Å². The lowest BCUT2D eigenvalue weighted by molar-refractivity contribution is -0.385. The Morgan fingerprint density at radius 2 is 2.14 bits per heavy atom. The van der Waals surface area contributed by atoms with Gasteiger partial charge in [-0.2, -0.15) is 0 Å². The first-order chi connectivity index (χ1) is 13.4. The Morgan fingerprint density at radius 1 is 1.36 bits per heavy atom. The van der Waals surface area contributed by atoms with Crippen molar-refractivity contribution in [2.24, 2.45) is 0 Å². The number of rotatable bonds is 4. The molecule has 0 spiro atoms. The van der Waals surface area contributed by atoms with Crippen molar-refractivity contribution in [2.45, 2.75) is 39.0 Å². The van der Waals surface area contributed by atoms with Gasteiger partial charge in [0.1, 0.15) is 11.2 Å². The number of hydrogen-bond donors (Lipinski definition) is 2. The SMILES string of the molecule is COc1ccc(C2NC(=O)c3c(sc4c3CCN(C(C)C)C4)N2)cc1[N+](=O)[O-]. The molecule has 148 valence electrons. The molecule has 9 heteroatoms. The van der Waals surface area contributed by atoms with E-state index in [9.17, 15) is 14.9 Å². The zero-order valence-electron chi connectivity index (χ0n) is 15.9. The third-order valence-corrected chi connectivity index (χ3v) is 6.48. The highest BCUT2D eigenvalue weighted by atomic mass is 32.1. The minimum absolute atomic E-state index is 0.125. The summed E-state index contributed by atoms with van der Waals surface area (Å²) in [6.07, 6.45) is 0.332. The molecule has 8 nitrogen and oxygen atoms in total. The molecule has 3 heterocycles. The zero-order valence-corrected chi connectivity index (χ0v) is 16.8. The summed E-state index contributed by atoms with van der Waals surface area (Å²) in [7, 11) is 1.39. The lowest BCUT2D eigenvalue weighted by atomic mass is 9.99. The molecule has 0 aliphatic carbocycles. The van der Waals surface area contributed by atoms with Crippen molar-refractivity contribution in [2.75, 3.05) is 19.0 Å².